The van der Waals surface area contributed by atoms with Gasteiger partial charge < -0.3 is 10.0 Å². The molecule has 0 bridgehead atoms. The van der Waals surface area contributed by atoms with E-state index in [1.54, 1.807) is 0 Å². The molecule has 2 aromatic carbocycles. The van der Waals surface area contributed by atoms with Gasteiger partial charge in [-0.1, -0.05) is 30.3 Å². The van der Waals surface area contributed by atoms with Gasteiger partial charge in [-0.2, -0.15) is 5.10 Å². The first-order valence-corrected chi connectivity index (χ1v) is 6.95. The van der Waals surface area contributed by atoms with Crippen LogP contribution in [0.3, 0.4) is 0 Å². The molecule has 110 valence electrons. The molecular weight excluding hydrogens is 262 g/mol. The van der Waals surface area contributed by atoms with Gasteiger partial charge in [0.1, 0.15) is 0 Å². The minimum atomic E-state index is 0.154. The van der Waals surface area contributed by atoms with Gasteiger partial charge in [0.05, 0.1) is 18.5 Å². The summed E-state index contributed by atoms with van der Waals surface area (Å²) in [5, 5.41) is 15.2. The van der Waals surface area contributed by atoms with Crippen LogP contribution in [0.25, 0.3) is 0 Å². The molecule has 0 heterocycles. The Hall–Kier alpha value is -2.33. The summed E-state index contributed by atoms with van der Waals surface area (Å²) in [7, 11) is 3.89. The Morgan fingerprint density at radius 2 is 1.62 bits per heavy atom. The number of hydrogen-bond donors (Lipinski definition) is 1. The summed E-state index contributed by atoms with van der Waals surface area (Å²) >= 11 is 0. The topological polar surface area (TPSA) is 39.1 Å². The molecule has 0 aliphatic heterocycles. The number of rotatable bonds is 6. The maximum absolute atomic E-state index is 8.94. The molecule has 21 heavy (non-hydrogen) atoms. The second-order valence-electron chi connectivity index (χ2n) is 4.84. The second kappa shape index (κ2) is 7.45. The Bertz CT molecular complexity index is 566. The highest BCUT2D eigenvalue weighted by molar-refractivity contribution is 5.81. The lowest BCUT2D eigenvalue weighted by molar-refractivity contribution is 0.304. The lowest BCUT2D eigenvalue weighted by Crippen LogP contribution is -2.20. The third kappa shape index (κ3) is 4.33. The molecule has 2 aromatic rings. The number of aliphatic hydroxyl groups excluding tert-OH is 1. The van der Waals surface area contributed by atoms with Crippen molar-refractivity contribution in [1.29, 1.82) is 0 Å². The predicted molar refractivity (Wildman–Crippen MR) is 89.2 cm³/mol. The normalized spacial score (nSPS) is 10.8. The lowest BCUT2D eigenvalue weighted by atomic mass is 10.2. The number of para-hydroxylation sites is 1. The highest BCUT2D eigenvalue weighted by Gasteiger charge is 1.99. The largest absolute Gasteiger partial charge is 0.395 e. The van der Waals surface area contributed by atoms with E-state index >= 15 is 0 Å². The number of aliphatic hydroxyl groups is 1. The summed E-state index contributed by atoms with van der Waals surface area (Å²) in [5.74, 6) is 0. The van der Waals surface area contributed by atoms with Crippen molar-refractivity contribution >= 4 is 17.6 Å². The Morgan fingerprint density at radius 1 is 0.952 bits per heavy atom. The standard InChI is InChI=1S/C17H21N3O/c1-19(12-13-21)16-10-8-15(9-11-16)14-18-20(2)17-6-4-3-5-7-17/h3-11,14,21H,12-13H2,1-2H3/b18-14+. The van der Waals surface area contributed by atoms with Crippen LogP contribution in [-0.2, 0) is 0 Å². The molecule has 0 aromatic heterocycles. The van der Waals surface area contributed by atoms with Gasteiger partial charge >= 0.3 is 0 Å². The first-order chi connectivity index (χ1) is 10.2. The van der Waals surface area contributed by atoms with Crippen LogP contribution < -0.4 is 9.91 Å². The third-order valence-corrected chi connectivity index (χ3v) is 3.28. The number of anilines is 2. The van der Waals surface area contributed by atoms with Crippen molar-refractivity contribution in [2.24, 2.45) is 5.10 Å². The second-order valence-corrected chi connectivity index (χ2v) is 4.84. The lowest BCUT2D eigenvalue weighted by Gasteiger charge is -2.17. The van der Waals surface area contributed by atoms with Crippen molar-refractivity contribution in [1.82, 2.24) is 0 Å². The first-order valence-electron chi connectivity index (χ1n) is 6.95. The minimum absolute atomic E-state index is 0.154. The van der Waals surface area contributed by atoms with E-state index in [9.17, 15) is 0 Å². The molecule has 0 saturated carbocycles. The third-order valence-electron chi connectivity index (χ3n) is 3.28. The van der Waals surface area contributed by atoms with Gasteiger partial charge in [-0.3, -0.25) is 5.01 Å². The molecule has 0 unspecified atom stereocenters. The molecule has 0 amide bonds. The van der Waals surface area contributed by atoms with E-state index in [0.717, 1.165) is 16.9 Å². The number of hydrazone groups is 1. The summed E-state index contributed by atoms with van der Waals surface area (Å²) in [6, 6.07) is 18.1. The monoisotopic (exact) mass is 283 g/mol. The van der Waals surface area contributed by atoms with E-state index in [1.807, 2.05) is 84.8 Å². The summed E-state index contributed by atoms with van der Waals surface area (Å²) in [4.78, 5) is 2.01. The molecule has 0 atom stereocenters. The molecule has 4 nitrogen and oxygen atoms in total. The smallest absolute Gasteiger partial charge is 0.0606 e. The number of likely N-dealkylation sites (N-methyl/N-ethyl adjacent to an activating group) is 1. The molecule has 4 heteroatoms. The average Bonchev–Trinajstić information content (AvgIpc) is 2.54. The summed E-state index contributed by atoms with van der Waals surface area (Å²) in [5.41, 5.74) is 3.17. The van der Waals surface area contributed by atoms with Crippen LogP contribution in [0.1, 0.15) is 5.56 Å². The minimum Gasteiger partial charge on any atom is -0.395 e. The van der Waals surface area contributed by atoms with Crippen molar-refractivity contribution in [2.75, 3.05) is 37.2 Å². The number of nitrogens with zero attached hydrogens (tertiary/aromatic N) is 3. The van der Waals surface area contributed by atoms with Crippen LogP contribution in [0.2, 0.25) is 0 Å². The van der Waals surface area contributed by atoms with Gasteiger partial charge in [-0.15, -0.1) is 0 Å². The molecule has 0 aliphatic rings. The zero-order valence-corrected chi connectivity index (χ0v) is 12.5. The van der Waals surface area contributed by atoms with Crippen molar-refractivity contribution < 1.29 is 5.11 Å². The number of benzene rings is 2. The predicted octanol–water partition coefficient (Wildman–Crippen LogP) is 2.59. The molecule has 1 N–H and O–H groups in total. The van der Waals surface area contributed by atoms with E-state index in [0.29, 0.717) is 6.54 Å². The fourth-order valence-corrected chi connectivity index (χ4v) is 1.96. The van der Waals surface area contributed by atoms with E-state index in [1.165, 1.54) is 0 Å². The zero-order valence-electron chi connectivity index (χ0n) is 12.5. The summed E-state index contributed by atoms with van der Waals surface area (Å²) in [6.45, 7) is 0.783. The maximum atomic E-state index is 8.94. The van der Waals surface area contributed by atoms with Gasteiger partial charge in [0, 0.05) is 26.3 Å². The van der Waals surface area contributed by atoms with Crippen molar-refractivity contribution in [3.05, 3.63) is 60.2 Å². The van der Waals surface area contributed by atoms with Crippen LogP contribution >= 0.6 is 0 Å². The zero-order chi connectivity index (χ0) is 15.1. The van der Waals surface area contributed by atoms with Crippen LogP contribution in [0.15, 0.2) is 59.7 Å². The summed E-state index contributed by atoms with van der Waals surface area (Å²) < 4.78 is 0. The quantitative estimate of drug-likeness (QED) is 0.654. The fraction of sp³-hybridized carbons (Fsp3) is 0.235. The molecule has 0 fully saturated rings. The maximum Gasteiger partial charge on any atom is 0.0606 e. The van der Waals surface area contributed by atoms with Crippen LogP contribution in [0.5, 0.6) is 0 Å². The van der Waals surface area contributed by atoms with Crippen molar-refractivity contribution in [2.45, 2.75) is 0 Å². The Kier molecular flexibility index (Phi) is 5.35. The van der Waals surface area contributed by atoms with E-state index < -0.39 is 0 Å². The van der Waals surface area contributed by atoms with Crippen molar-refractivity contribution in [3.63, 3.8) is 0 Å². The Morgan fingerprint density at radius 3 is 2.24 bits per heavy atom. The van der Waals surface area contributed by atoms with Gasteiger partial charge in [0.25, 0.3) is 0 Å². The van der Waals surface area contributed by atoms with Crippen molar-refractivity contribution in [3.8, 4) is 0 Å². The molecule has 0 aliphatic carbocycles. The molecule has 0 saturated heterocycles. The fourth-order valence-electron chi connectivity index (χ4n) is 1.96. The number of hydrogen-bond acceptors (Lipinski definition) is 4. The van der Waals surface area contributed by atoms with Gasteiger partial charge in [0.15, 0.2) is 0 Å². The van der Waals surface area contributed by atoms with Crippen LogP contribution in [0, 0.1) is 0 Å². The average molecular weight is 283 g/mol. The molecule has 0 spiro atoms. The van der Waals surface area contributed by atoms with Crippen LogP contribution in [0.4, 0.5) is 11.4 Å². The van der Waals surface area contributed by atoms with E-state index in [-0.39, 0.29) is 6.61 Å². The highest BCUT2D eigenvalue weighted by Crippen LogP contribution is 2.14. The van der Waals surface area contributed by atoms with E-state index in [4.69, 9.17) is 5.11 Å². The summed E-state index contributed by atoms with van der Waals surface area (Å²) in [6.07, 6.45) is 1.84. The van der Waals surface area contributed by atoms with Crippen LogP contribution in [-0.4, -0.2) is 38.6 Å². The highest BCUT2D eigenvalue weighted by atomic mass is 16.3. The van der Waals surface area contributed by atoms with Gasteiger partial charge in [0.2, 0.25) is 0 Å². The molecule has 0 radical (unpaired) electrons. The SMILES string of the molecule is CN(CCO)c1ccc(/C=N/N(C)c2ccccc2)cc1. The Balaban J connectivity index is 2.01. The molecular formula is C17H21N3O. The Labute approximate surface area is 125 Å². The molecule has 2 rings (SSSR count). The first kappa shape index (κ1) is 15.1. The van der Waals surface area contributed by atoms with Gasteiger partial charge in [-0.25, -0.2) is 0 Å². The van der Waals surface area contributed by atoms with E-state index in [2.05, 4.69) is 5.10 Å². The van der Waals surface area contributed by atoms with Gasteiger partial charge in [-0.05, 0) is 29.8 Å².